The van der Waals surface area contributed by atoms with Crippen molar-refractivity contribution >= 4 is 34.9 Å². The Bertz CT molecular complexity index is 1110. The number of piperidine rings is 1. The second-order valence-corrected chi connectivity index (χ2v) is 8.04. The van der Waals surface area contributed by atoms with Gasteiger partial charge in [-0.25, -0.2) is 4.79 Å². The molecule has 0 aliphatic carbocycles. The quantitative estimate of drug-likeness (QED) is 0.679. The summed E-state index contributed by atoms with van der Waals surface area (Å²) in [6.45, 7) is 1.10. The SMILES string of the molecule is O=C(NC1=CCCN(c2ccc(N3CCCCC3=O)cc2)C1=O)Nc1ccc(C(F)(F)F)cc1. The molecule has 0 unspecified atom stereocenters. The van der Waals surface area contributed by atoms with Gasteiger partial charge in [0.1, 0.15) is 5.70 Å². The number of nitrogens with one attached hydrogen (secondary N) is 2. The van der Waals surface area contributed by atoms with Crippen molar-refractivity contribution in [2.24, 2.45) is 0 Å². The number of hydrogen-bond acceptors (Lipinski definition) is 3. The van der Waals surface area contributed by atoms with Gasteiger partial charge in [-0.05, 0) is 67.8 Å². The van der Waals surface area contributed by atoms with E-state index in [-0.39, 0.29) is 17.3 Å². The van der Waals surface area contributed by atoms with E-state index in [0.717, 1.165) is 42.8 Å². The summed E-state index contributed by atoms with van der Waals surface area (Å²) in [4.78, 5) is 40.6. The molecule has 10 heteroatoms. The summed E-state index contributed by atoms with van der Waals surface area (Å²) >= 11 is 0. The fraction of sp³-hybridized carbons (Fsp3) is 0.292. The van der Waals surface area contributed by atoms with E-state index in [1.54, 1.807) is 35.2 Å². The molecule has 2 aromatic rings. The average molecular weight is 472 g/mol. The van der Waals surface area contributed by atoms with Crippen molar-refractivity contribution in [2.45, 2.75) is 31.9 Å². The second-order valence-electron chi connectivity index (χ2n) is 8.04. The van der Waals surface area contributed by atoms with Crippen LogP contribution >= 0.6 is 0 Å². The van der Waals surface area contributed by atoms with Gasteiger partial charge in [0.2, 0.25) is 5.91 Å². The van der Waals surface area contributed by atoms with Gasteiger partial charge in [-0.3, -0.25) is 9.59 Å². The van der Waals surface area contributed by atoms with E-state index in [1.165, 1.54) is 4.90 Å². The maximum atomic E-state index is 12.9. The molecule has 2 aliphatic heterocycles. The molecular formula is C24H23F3N4O3. The minimum atomic E-state index is -4.47. The van der Waals surface area contributed by atoms with Gasteiger partial charge in [-0.15, -0.1) is 0 Å². The van der Waals surface area contributed by atoms with Crippen LogP contribution in [-0.2, 0) is 15.8 Å². The molecule has 0 bridgehead atoms. The van der Waals surface area contributed by atoms with Crippen molar-refractivity contribution in [1.82, 2.24) is 5.32 Å². The van der Waals surface area contributed by atoms with Crippen molar-refractivity contribution in [3.05, 3.63) is 65.9 Å². The monoisotopic (exact) mass is 472 g/mol. The van der Waals surface area contributed by atoms with Crippen LogP contribution in [0.25, 0.3) is 0 Å². The summed E-state index contributed by atoms with van der Waals surface area (Å²) in [5.41, 5.74) is 0.825. The van der Waals surface area contributed by atoms with Gasteiger partial charge in [0.05, 0.1) is 5.56 Å². The van der Waals surface area contributed by atoms with Crippen LogP contribution < -0.4 is 20.4 Å². The molecule has 2 heterocycles. The Morgan fingerprint density at radius 1 is 0.824 bits per heavy atom. The van der Waals surface area contributed by atoms with Gasteiger partial charge in [0, 0.05) is 36.6 Å². The Morgan fingerprint density at radius 2 is 1.47 bits per heavy atom. The minimum Gasteiger partial charge on any atom is -0.312 e. The first-order valence-electron chi connectivity index (χ1n) is 10.9. The summed E-state index contributed by atoms with van der Waals surface area (Å²) < 4.78 is 38.0. The first-order valence-corrected chi connectivity index (χ1v) is 10.9. The molecule has 0 atom stereocenters. The van der Waals surface area contributed by atoms with Crippen LogP contribution in [-0.4, -0.2) is 30.9 Å². The third-order valence-electron chi connectivity index (χ3n) is 5.69. The molecule has 1 fully saturated rings. The van der Waals surface area contributed by atoms with Crippen molar-refractivity contribution < 1.29 is 27.6 Å². The molecule has 0 radical (unpaired) electrons. The largest absolute Gasteiger partial charge is 0.416 e. The summed E-state index contributed by atoms with van der Waals surface area (Å²) in [7, 11) is 0. The maximum absolute atomic E-state index is 12.9. The molecule has 0 spiro atoms. The van der Waals surface area contributed by atoms with E-state index in [4.69, 9.17) is 0 Å². The highest BCUT2D eigenvalue weighted by Crippen LogP contribution is 2.30. The molecule has 178 valence electrons. The van der Waals surface area contributed by atoms with E-state index in [2.05, 4.69) is 10.6 Å². The Balaban J connectivity index is 1.38. The van der Waals surface area contributed by atoms with Crippen LogP contribution in [0.5, 0.6) is 0 Å². The normalized spacial score (nSPS) is 16.9. The van der Waals surface area contributed by atoms with Crippen LogP contribution in [0.2, 0.25) is 0 Å². The molecule has 0 saturated carbocycles. The first kappa shape index (κ1) is 23.3. The summed E-state index contributed by atoms with van der Waals surface area (Å²) in [6.07, 6.45) is 0.0163. The lowest BCUT2D eigenvalue weighted by molar-refractivity contribution is -0.137. The van der Waals surface area contributed by atoms with Gasteiger partial charge in [-0.1, -0.05) is 6.08 Å². The predicted molar refractivity (Wildman–Crippen MR) is 121 cm³/mol. The van der Waals surface area contributed by atoms with Gasteiger partial charge in [0.15, 0.2) is 0 Å². The number of carbonyl (C=O) groups excluding carboxylic acids is 3. The molecule has 4 amide bonds. The van der Waals surface area contributed by atoms with Crippen LogP contribution in [0.4, 0.5) is 35.0 Å². The summed E-state index contributed by atoms with van der Waals surface area (Å²) in [5.74, 6) is -0.322. The van der Waals surface area contributed by atoms with E-state index in [1.807, 2.05) is 0 Å². The Kier molecular flexibility index (Phi) is 6.58. The Morgan fingerprint density at radius 3 is 2.09 bits per heavy atom. The van der Waals surface area contributed by atoms with Crippen LogP contribution in [0.15, 0.2) is 60.3 Å². The summed E-state index contributed by atoms with van der Waals surface area (Å²) in [5, 5.41) is 4.90. The minimum absolute atomic E-state index is 0.0750. The second kappa shape index (κ2) is 9.58. The number of anilines is 3. The fourth-order valence-corrected chi connectivity index (χ4v) is 3.94. The zero-order valence-corrected chi connectivity index (χ0v) is 18.2. The molecule has 2 aromatic carbocycles. The van der Waals surface area contributed by atoms with E-state index < -0.39 is 23.7 Å². The number of rotatable bonds is 4. The number of benzene rings is 2. The van der Waals surface area contributed by atoms with Gasteiger partial charge in [0.25, 0.3) is 5.91 Å². The van der Waals surface area contributed by atoms with Gasteiger partial charge < -0.3 is 20.4 Å². The summed E-state index contributed by atoms with van der Waals surface area (Å²) in [6, 6.07) is 10.4. The number of alkyl halides is 3. The molecule has 4 rings (SSSR count). The lowest BCUT2D eigenvalue weighted by Crippen LogP contribution is -2.42. The highest BCUT2D eigenvalue weighted by Gasteiger charge is 2.30. The molecular weight excluding hydrogens is 449 g/mol. The van der Waals surface area contributed by atoms with Gasteiger partial charge >= 0.3 is 12.2 Å². The molecule has 0 aromatic heterocycles. The number of hydrogen-bond donors (Lipinski definition) is 2. The van der Waals surface area contributed by atoms with Crippen molar-refractivity contribution in [3.8, 4) is 0 Å². The molecule has 2 aliphatic rings. The van der Waals surface area contributed by atoms with Crippen LogP contribution in [0.3, 0.4) is 0 Å². The lowest BCUT2D eigenvalue weighted by atomic mass is 10.1. The van der Waals surface area contributed by atoms with Crippen LogP contribution in [0, 0.1) is 0 Å². The fourth-order valence-electron chi connectivity index (χ4n) is 3.94. The molecule has 2 N–H and O–H groups in total. The lowest BCUT2D eigenvalue weighted by Gasteiger charge is -2.29. The smallest absolute Gasteiger partial charge is 0.312 e. The number of carbonyl (C=O) groups is 3. The number of urea groups is 1. The Labute approximate surface area is 194 Å². The van der Waals surface area contributed by atoms with E-state index in [0.29, 0.717) is 31.6 Å². The van der Waals surface area contributed by atoms with Crippen molar-refractivity contribution in [3.63, 3.8) is 0 Å². The first-order chi connectivity index (χ1) is 16.2. The third-order valence-corrected chi connectivity index (χ3v) is 5.69. The average Bonchev–Trinajstić information content (AvgIpc) is 2.81. The van der Waals surface area contributed by atoms with Crippen molar-refractivity contribution in [1.29, 1.82) is 0 Å². The topological polar surface area (TPSA) is 81.8 Å². The zero-order chi connectivity index (χ0) is 24.3. The maximum Gasteiger partial charge on any atom is 0.416 e. The number of amides is 4. The molecule has 1 saturated heterocycles. The predicted octanol–water partition coefficient (Wildman–Crippen LogP) is 4.66. The van der Waals surface area contributed by atoms with E-state index >= 15 is 0 Å². The third kappa shape index (κ3) is 5.22. The number of nitrogens with zero attached hydrogens (tertiary/aromatic N) is 2. The highest BCUT2D eigenvalue weighted by atomic mass is 19.4. The standard InChI is InChI=1S/C24H23F3N4O3/c25-24(26,27)16-6-8-17(9-7-16)28-23(34)29-20-4-3-15-31(22(20)33)19-12-10-18(11-13-19)30-14-2-1-5-21(30)32/h4,6-13H,1-3,5,14-15H2,(H2,28,29,34). The Hall–Kier alpha value is -3.82. The zero-order valence-electron chi connectivity index (χ0n) is 18.2. The van der Waals surface area contributed by atoms with Gasteiger partial charge in [-0.2, -0.15) is 13.2 Å². The molecule has 7 nitrogen and oxygen atoms in total. The molecule has 34 heavy (non-hydrogen) atoms. The number of halogens is 3. The van der Waals surface area contributed by atoms with Crippen molar-refractivity contribution in [2.75, 3.05) is 28.2 Å². The highest BCUT2D eigenvalue weighted by molar-refractivity contribution is 6.09. The van der Waals surface area contributed by atoms with E-state index in [9.17, 15) is 27.6 Å². The van der Waals surface area contributed by atoms with Crippen LogP contribution in [0.1, 0.15) is 31.2 Å².